The summed E-state index contributed by atoms with van der Waals surface area (Å²) >= 11 is 11.3. The summed E-state index contributed by atoms with van der Waals surface area (Å²) in [6, 6.07) is 3.62. The average molecular weight is 308 g/mol. The molecule has 0 aliphatic carbocycles. The summed E-state index contributed by atoms with van der Waals surface area (Å²) in [4.78, 5) is 10.2. The number of halogens is 2. The highest BCUT2D eigenvalue weighted by molar-refractivity contribution is 7.92. The van der Waals surface area contributed by atoms with Gasteiger partial charge in [-0.25, -0.2) is 13.2 Å². The molecule has 2 N–H and O–H groups in total. The third kappa shape index (κ3) is 3.29. The number of rotatable bonds is 3. The summed E-state index contributed by atoms with van der Waals surface area (Å²) < 4.78 is 24.0. The zero-order valence-electron chi connectivity index (χ0n) is 8.72. The third-order valence-electron chi connectivity index (χ3n) is 1.88. The Morgan fingerprint density at radius 1 is 1.33 bits per heavy atom. The van der Waals surface area contributed by atoms with Gasteiger partial charge in [0.25, 0.3) is 0 Å². The van der Waals surface area contributed by atoms with E-state index in [1.165, 1.54) is 6.07 Å². The summed E-state index contributed by atoms with van der Waals surface area (Å²) in [6.45, 7) is 0. The first-order valence-corrected chi connectivity index (χ1v) is 6.73. The van der Waals surface area contributed by atoms with Gasteiger partial charge in [0.1, 0.15) is 0 Å². The molecule has 0 heterocycles. The molecule has 18 heavy (non-hydrogen) atoms. The lowest BCUT2D eigenvalue weighted by Crippen LogP contribution is -2.38. The normalized spacial score (nSPS) is 12.5. The van der Waals surface area contributed by atoms with E-state index in [4.69, 9.17) is 34.7 Å². The molecule has 0 fully saturated rings. The first-order chi connectivity index (χ1) is 8.27. The largest absolute Gasteiger partial charge is 0.465 e. The predicted molar refractivity (Wildman–Crippen MR) is 67.4 cm³/mol. The second-order valence-corrected chi connectivity index (χ2v) is 6.05. The van der Waals surface area contributed by atoms with Gasteiger partial charge in [0, 0.05) is 10.0 Å². The Kier molecular flexibility index (Phi) is 4.46. The number of carboxylic acid groups (broad SMARTS) is 1. The van der Waals surface area contributed by atoms with Gasteiger partial charge in [0.05, 0.1) is 4.90 Å². The Morgan fingerprint density at radius 3 is 2.22 bits per heavy atom. The molecule has 5 nitrogen and oxygen atoms in total. The van der Waals surface area contributed by atoms with Gasteiger partial charge in [-0.1, -0.05) is 29.1 Å². The maximum atomic E-state index is 12.0. The van der Waals surface area contributed by atoms with E-state index in [1.807, 2.05) is 5.92 Å². The van der Waals surface area contributed by atoms with Crippen LogP contribution in [0.3, 0.4) is 0 Å². The number of hydrogen-bond donors (Lipinski definition) is 2. The molecule has 1 unspecified atom stereocenters. The molecule has 8 heteroatoms. The molecule has 1 aromatic carbocycles. The Bertz CT molecular complexity index is 601. The third-order valence-corrected chi connectivity index (χ3v) is 4.08. The van der Waals surface area contributed by atoms with Crippen LogP contribution in [0.2, 0.25) is 10.0 Å². The van der Waals surface area contributed by atoms with Crippen molar-refractivity contribution in [1.82, 2.24) is 5.32 Å². The maximum absolute atomic E-state index is 12.0. The summed E-state index contributed by atoms with van der Waals surface area (Å²) in [6.07, 6.45) is 3.45. The average Bonchev–Trinajstić information content (AvgIpc) is 2.24. The van der Waals surface area contributed by atoms with Gasteiger partial charge < -0.3 is 5.11 Å². The molecular formula is C10H7Cl2NO4S. The van der Waals surface area contributed by atoms with Crippen LogP contribution in [0.5, 0.6) is 0 Å². The van der Waals surface area contributed by atoms with Crippen molar-refractivity contribution in [3.63, 3.8) is 0 Å². The number of benzene rings is 1. The van der Waals surface area contributed by atoms with Crippen LogP contribution in [0, 0.1) is 12.3 Å². The maximum Gasteiger partial charge on any atom is 0.406 e. The Hall–Kier alpha value is -1.42. The second kappa shape index (κ2) is 5.48. The molecule has 1 aromatic rings. The molecule has 96 valence electrons. The van der Waals surface area contributed by atoms with Crippen molar-refractivity contribution in [3.8, 4) is 12.3 Å². The van der Waals surface area contributed by atoms with E-state index in [1.54, 1.807) is 5.32 Å². The Balaban J connectivity index is 3.28. The fourth-order valence-corrected chi connectivity index (χ4v) is 3.10. The van der Waals surface area contributed by atoms with Crippen molar-refractivity contribution < 1.29 is 18.3 Å². The van der Waals surface area contributed by atoms with Crippen LogP contribution in [0.25, 0.3) is 0 Å². The van der Waals surface area contributed by atoms with Crippen LogP contribution >= 0.6 is 23.2 Å². The van der Waals surface area contributed by atoms with Crippen LogP contribution in [0.4, 0.5) is 4.79 Å². The summed E-state index contributed by atoms with van der Waals surface area (Å²) in [5.41, 5.74) is 0. The van der Waals surface area contributed by atoms with Crippen molar-refractivity contribution in [2.75, 3.05) is 0 Å². The van der Waals surface area contributed by atoms with Gasteiger partial charge in [0.2, 0.25) is 9.84 Å². The first kappa shape index (κ1) is 14.6. The minimum Gasteiger partial charge on any atom is -0.465 e. The molecule has 1 rings (SSSR count). The van der Waals surface area contributed by atoms with E-state index in [9.17, 15) is 13.2 Å². The van der Waals surface area contributed by atoms with E-state index < -0.39 is 21.3 Å². The zero-order chi connectivity index (χ0) is 13.9. The lowest BCUT2D eigenvalue weighted by Gasteiger charge is -2.12. The van der Waals surface area contributed by atoms with Crippen LogP contribution in [-0.4, -0.2) is 25.0 Å². The molecule has 0 radical (unpaired) electrons. The second-order valence-electron chi connectivity index (χ2n) is 3.15. The number of amides is 1. The van der Waals surface area contributed by atoms with Gasteiger partial charge in [-0.2, -0.15) is 0 Å². The topological polar surface area (TPSA) is 83.5 Å². The van der Waals surface area contributed by atoms with E-state index in [-0.39, 0.29) is 14.9 Å². The molecule has 0 spiro atoms. The van der Waals surface area contributed by atoms with Gasteiger partial charge in [-0.3, -0.25) is 5.32 Å². The Morgan fingerprint density at radius 2 is 1.83 bits per heavy atom. The molecule has 0 bridgehead atoms. The summed E-state index contributed by atoms with van der Waals surface area (Å²) in [7, 11) is -4.09. The molecular weight excluding hydrogens is 301 g/mol. The molecule has 0 aliphatic heterocycles. The van der Waals surface area contributed by atoms with Crippen molar-refractivity contribution >= 4 is 39.1 Å². The quantitative estimate of drug-likeness (QED) is 0.837. The van der Waals surface area contributed by atoms with Gasteiger partial charge in [-0.15, -0.1) is 6.42 Å². The zero-order valence-corrected chi connectivity index (χ0v) is 11.1. The highest BCUT2D eigenvalue weighted by Crippen LogP contribution is 2.24. The van der Waals surface area contributed by atoms with Gasteiger partial charge >= 0.3 is 6.09 Å². The molecule has 0 saturated carbocycles. The van der Waals surface area contributed by atoms with Crippen molar-refractivity contribution in [3.05, 3.63) is 28.2 Å². The monoisotopic (exact) mass is 307 g/mol. The van der Waals surface area contributed by atoms with Crippen LogP contribution in [-0.2, 0) is 9.84 Å². The number of nitrogens with one attached hydrogen (secondary N) is 1. The van der Waals surface area contributed by atoms with Crippen LogP contribution in [0.15, 0.2) is 23.1 Å². The first-order valence-electron chi connectivity index (χ1n) is 4.43. The summed E-state index contributed by atoms with van der Waals surface area (Å²) in [5, 5.41) is 8.73. The highest BCUT2D eigenvalue weighted by atomic mass is 35.5. The van der Waals surface area contributed by atoms with Crippen LogP contribution in [0.1, 0.15) is 0 Å². The fraction of sp³-hybridized carbons (Fsp3) is 0.100. The van der Waals surface area contributed by atoms with E-state index >= 15 is 0 Å². The molecule has 0 saturated heterocycles. The molecule has 1 amide bonds. The van der Waals surface area contributed by atoms with Crippen LogP contribution < -0.4 is 5.32 Å². The molecule has 1 atom stereocenters. The molecule has 0 aliphatic rings. The van der Waals surface area contributed by atoms with Gasteiger partial charge in [-0.05, 0) is 18.2 Å². The number of carbonyl (C=O) groups is 1. The standard InChI is InChI=1S/C10H7Cl2NO4S/c1-2-9(13-10(14)15)18(16,17)8-4-6(11)3-7(12)5-8/h1,3-5,9,13H,(H,14,15). The minimum atomic E-state index is -4.09. The van der Waals surface area contributed by atoms with Crippen molar-refractivity contribution in [1.29, 1.82) is 0 Å². The van der Waals surface area contributed by atoms with E-state index in [2.05, 4.69) is 0 Å². The van der Waals surface area contributed by atoms with Crippen molar-refractivity contribution in [2.45, 2.75) is 10.3 Å². The summed E-state index contributed by atoms with van der Waals surface area (Å²) in [5.74, 6) is 1.85. The Labute approximate surface area is 114 Å². The highest BCUT2D eigenvalue weighted by Gasteiger charge is 2.27. The fourth-order valence-electron chi connectivity index (χ4n) is 1.15. The lowest BCUT2D eigenvalue weighted by atomic mass is 10.4. The SMILES string of the molecule is C#CC(NC(=O)O)S(=O)(=O)c1cc(Cl)cc(Cl)c1. The smallest absolute Gasteiger partial charge is 0.406 e. The number of terminal acetylenes is 1. The lowest BCUT2D eigenvalue weighted by molar-refractivity contribution is 0.194. The minimum absolute atomic E-state index is 0.104. The molecule has 0 aromatic heterocycles. The number of sulfone groups is 1. The number of hydrogen-bond acceptors (Lipinski definition) is 3. The van der Waals surface area contributed by atoms with E-state index in [0.717, 1.165) is 12.1 Å². The van der Waals surface area contributed by atoms with Crippen molar-refractivity contribution in [2.24, 2.45) is 0 Å². The van der Waals surface area contributed by atoms with E-state index in [0.29, 0.717) is 0 Å². The predicted octanol–water partition coefficient (Wildman–Crippen LogP) is 1.99. The van der Waals surface area contributed by atoms with Gasteiger partial charge in [0.15, 0.2) is 5.37 Å².